The Morgan fingerprint density at radius 1 is 1.04 bits per heavy atom. The number of fused-ring (bicyclic) bond motifs is 1. The van der Waals surface area contributed by atoms with Crippen molar-refractivity contribution in [1.82, 2.24) is 0 Å². The third kappa shape index (κ3) is 3.34. The summed E-state index contributed by atoms with van der Waals surface area (Å²) in [7, 11) is 0. The first-order chi connectivity index (χ1) is 12.6. The molecule has 1 aliphatic rings. The molecule has 0 aromatic carbocycles. The van der Waals surface area contributed by atoms with Crippen molar-refractivity contribution in [2.75, 3.05) is 10.6 Å². The molecule has 2 aromatic rings. The highest BCUT2D eigenvalue weighted by Crippen LogP contribution is 2.48. The zero-order valence-corrected chi connectivity index (χ0v) is 14.4. The number of rotatable bonds is 4. The summed E-state index contributed by atoms with van der Waals surface area (Å²) in [6.45, 7) is 0. The summed E-state index contributed by atoms with van der Waals surface area (Å²) in [5, 5.41) is 11.8. The summed E-state index contributed by atoms with van der Waals surface area (Å²) in [4.78, 5) is 0.636. The van der Waals surface area contributed by atoms with Crippen molar-refractivity contribution in [1.29, 1.82) is 5.26 Å². The lowest BCUT2D eigenvalue weighted by Gasteiger charge is -2.38. The number of hydrogen-bond acceptors (Lipinski definition) is 5. The summed E-state index contributed by atoms with van der Waals surface area (Å²) >= 11 is 0.754. The highest BCUT2D eigenvalue weighted by atomic mass is 32.1. The van der Waals surface area contributed by atoms with Crippen LogP contribution in [0.1, 0.15) is 28.8 Å². The molecule has 0 aliphatic heterocycles. The number of thiophene rings is 1. The molecule has 146 valence electrons. The second kappa shape index (κ2) is 6.67. The fraction of sp³-hybridized carbons (Fsp3) is 0.438. The number of hydrogen-bond donors (Lipinski definition) is 2. The number of aryl methyl sites for hydroxylation is 1. The van der Waals surface area contributed by atoms with Gasteiger partial charge in [-0.1, -0.05) is 0 Å². The second-order valence-electron chi connectivity index (χ2n) is 6.00. The van der Waals surface area contributed by atoms with Crippen LogP contribution in [0, 0.1) is 11.3 Å². The van der Waals surface area contributed by atoms with Crippen LogP contribution in [0.25, 0.3) is 0 Å². The highest BCUT2D eigenvalue weighted by molar-refractivity contribution is 7.16. The number of nitrogens with zero attached hydrogens (tertiary/aromatic N) is 1. The molecule has 0 radical (unpaired) electrons. The van der Waals surface area contributed by atoms with Gasteiger partial charge in [-0.3, -0.25) is 0 Å². The van der Waals surface area contributed by atoms with Gasteiger partial charge in [0.15, 0.2) is 5.88 Å². The van der Waals surface area contributed by atoms with Crippen LogP contribution in [-0.2, 0) is 12.8 Å². The van der Waals surface area contributed by atoms with Crippen molar-refractivity contribution in [3.8, 4) is 6.07 Å². The maximum absolute atomic E-state index is 13.7. The Kier molecular flexibility index (Phi) is 4.80. The Hall–Kier alpha value is -2.35. The molecule has 2 heterocycles. The van der Waals surface area contributed by atoms with Gasteiger partial charge in [0.05, 0.1) is 11.8 Å². The van der Waals surface area contributed by atoms with E-state index in [0.717, 1.165) is 42.6 Å². The molecule has 0 atom stereocenters. The lowest BCUT2D eigenvalue weighted by molar-refractivity contribution is -0.278. The summed E-state index contributed by atoms with van der Waals surface area (Å²) in [6.07, 6.45) is -8.15. The second-order valence-corrected chi connectivity index (χ2v) is 7.10. The van der Waals surface area contributed by atoms with Crippen molar-refractivity contribution in [3.05, 3.63) is 34.4 Å². The Bertz CT molecular complexity index is 833. The van der Waals surface area contributed by atoms with E-state index in [2.05, 4.69) is 4.42 Å². The smallest absolute Gasteiger partial charge is 0.439 e. The number of halogens is 6. The minimum Gasteiger partial charge on any atom is -0.449 e. The van der Waals surface area contributed by atoms with Crippen LogP contribution in [0.4, 0.5) is 37.2 Å². The van der Waals surface area contributed by atoms with Crippen molar-refractivity contribution in [2.45, 2.75) is 43.7 Å². The number of furan rings is 1. The predicted octanol–water partition coefficient (Wildman–Crippen LogP) is 5.44. The number of nitrogens with one attached hydrogen (secondary N) is 2. The van der Waals surface area contributed by atoms with Gasteiger partial charge in [-0.15, -0.1) is 11.3 Å². The van der Waals surface area contributed by atoms with Gasteiger partial charge in [0.25, 0.3) is 0 Å². The first kappa shape index (κ1) is 19.4. The first-order valence-corrected chi connectivity index (χ1v) is 8.68. The van der Waals surface area contributed by atoms with E-state index in [1.165, 1.54) is 5.32 Å². The van der Waals surface area contributed by atoms with Crippen LogP contribution in [0.2, 0.25) is 0 Å². The zero-order valence-electron chi connectivity index (χ0n) is 13.6. The van der Waals surface area contributed by atoms with Crippen LogP contribution in [0.15, 0.2) is 22.8 Å². The van der Waals surface area contributed by atoms with Crippen molar-refractivity contribution < 1.29 is 30.8 Å². The molecule has 0 unspecified atom stereocenters. The Morgan fingerprint density at radius 3 is 2.26 bits per heavy atom. The Labute approximate surface area is 153 Å². The summed E-state index contributed by atoms with van der Waals surface area (Å²) in [6, 6.07) is 3.85. The zero-order chi connectivity index (χ0) is 19.9. The molecule has 4 nitrogen and oxygen atoms in total. The fourth-order valence-corrected chi connectivity index (χ4v) is 4.25. The summed E-state index contributed by atoms with van der Waals surface area (Å²) < 4.78 is 86.9. The van der Waals surface area contributed by atoms with E-state index in [-0.39, 0.29) is 5.56 Å². The molecule has 0 amide bonds. The van der Waals surface area contributed by atoms with E-state index in [4.69, 9.17) is 0 Å². The van der Waals surface area contributed by atoms with Crippen molar-refractivity contribution in [2.24, 2.45) is 0 Å². The Morgan fingerprint density at radius 2 is 1.70 bits per heavy atom. The van der Waals surface area contributed by atoms with Crippen molar-refractivity contribution in [3.63, 3.8) is 0 Å². The number of anilines is 2. The van der Waals surface area contributed by atoms with Gasteiger partial charge in [0.2, 0.25) is 0 Å². The molecule has 0 fully saturated rings. The lowest BCUT2D eigenvalue weighted by atomic mass is 9.96. The van der Waals surface area contributed by atoms with Gasteiger partial charge in [-0.05, 0) is 37.3 Å². The molecule has 1 aliphatic carbocycles. The van der Waals surface area contributed by atoms with Crippen LogP contribution in [0.3, 0.4) is 0 Å². The molecule has 11 heteroatoms. The standard InChI is InChI=1S/C16H13F6N3OS/c17-15(18,19)14(16(20,21)22,24-12-6-3-7-26-12)25-13-10(8-23)9-4-1-2-5-11(9)27-13/h3,6-7,24-25H,1-2,4-5H2. The van der Waals surface area contributed by atoms with E-state index in [0.29, 0.717) is 23.3 Å². The van der Waals surface area contributed by atoms with Crippen LogP contribution in [0.5, 0.6) is 0 Å². The minimum atomic E-state index is -5.78. The molecule has 27 heavy (non-hydrogen) atoms. The average Bonchev–Trinajstić information content (AvgIpc) is 3.18. The SMILES string of the molecule is N#Cc1c(NC(Nc2ccco2)(C(F)(F)F)C(F)(F)F)sc2c1CCCC2. The quantitative estimate of drug-likeness (QED) is 0.522. The lowest BCUT2D eigenvalue weighted by Crippen LogP contribution is -2.67. The Balaban J connectivity index is 2.12. The van der Waals surface area contributed by atoms with E-state index in [9.17, 15) is 31.6 Å². The highest BCUT2D eigenvalue weighted by Gasteiger charge is 2.72. The molecule has 0 bridgehead atoms. The maximum Gasteiger partial charge on any atom is 0.439 e. The van der Waals surface area contributed by atoms with Crippen LogP contribution in [-0.4, -0.2) is 18.0 Å². The molecular weight excluding hydrogens is 396 g/mol. The topological polar surface area (TPSA) is 61.0 Å². The van der Waals surface area contributed by atoms with Crippen LogP contribution >= 0.6 is 11.3 Å². The molecule has 3 rings (SSSR count). The van der Waals surface area contributed by atoms with Gasteiger partial charge < -0.3 is 15.1 Å². The van der Waals surface area contributed by atoms with Crippen LogP contribution < -0.4 is 10.6 Å². The van der Waals surface area contributed by atoms with E-state index < -0.39 is 28.9 Å². The average molecular weight is 409 g/mol. The first-order valence-electron chi connectivity index (χ1n) is 7.87. The van der Waals surface area contributed by atoms with E-state index in [1.807, 2.05) is 0 Å². The summed E-state index contributed by atoms with van der Waals surface area (Å²) in [5.41, 5.74) is -4.17. The number of nitriles is 1. The summed E-state index contributed by atoms with van der Waals surface area (Å²) in [5.74, 6) is -0.711. The monoisotopic (exact) mass is 409 g/mol. The molecule has 0 spiro atoms. The normalized spacial score (nSPS) is 15.1. The van der Waals surface area contributed by atoms with E-state index in [1.54, 1.807) is 11.4 Å². The van der Waals surface area contributed by atoms with Gasteiger partial charge in [-0.2, -0.15) is 31.6 Å². The van der Waals surface area contributed by atoms with Gasteiger partial charge in [-0.25, -0.2) is 0 Å². The molecule has 2 aromatic heterocycles. The molecule has 0 saturated heterocycles. The molecule has 2 N–H and O–H groups in total. The fourth-order valence-electron chi connectivity index (χ4n) is 2.95. The van der Waals surface area contributed by atoms with Crippen molar-refractivity contribution >= 4 is 22.2 Å². The largest absolute Gasteiger partial charge is 0.449 e. The minimum absolute atomic E-state index is 0.172. The van der Waals surface area contributed by atoms with Gasteiger partial charge in [0.1, 0.15) is 11.1 Å². The van der Waals surface area contributed by atoms with E-state index >= 15 is 0 Å². The van der Waals surface area contributed by atoms with Gasteiger partial charge >= 0.3 is 18.0 Å². The van der Waals surface area contributed by atoms with Gasteiger partial charge in [0, 0.05) is 10.9 Å². The maximum atomic E-state index is 13.7. The predicted molar refractivity (Wildman–Crippen MR) is 86.5 cm³/mol. The molecule has 0 saturated carbocycles. The third-order valence-corrected chi connectivity index (χ3v) is 5.47. The third-order valence-electron chi connectivity index (χ3n) is 4.27. The molecular formula is C16H13F6N3OS. The number of alkyl halides is 6.